The van der Waals surface area contributed by atoms with Gasteiger partial charge in [-0.1, -0.05) is 29.8 Å². The Hall–Kier alpha value is -2.46. The molecule has 0 aliphatic rings. The number of amides is 1. The van der Waals surface area contributed by atoms with Gasteiger partial charge >= 0.3 is 0 Å². The van der Waals surface area contributed by atoms with Gasteiger partial charge in [-0.05, 0) is 54.1 Å². The standard InChI is InChI=1S/C20H21ClN2O2/c21-17-4-1-2-5-19(17)25-13-3-6-20(24)23-11-9-15-7-8-18-16(14-15)10-12-22-18/h1-2,4-5,7-8,10,12,14,22H,3,6,9,11,13H2,(H,23,24). The average molecular weight is 357 g/mol. The number of H-pyrrole nitrogens is 1. The maximum absolute atomic E-state index is 11.9. The van der Waals surface area contributed by atoms with Gasteiger partial charge in [0.15, 0.2) is 0 Å². The Morgan fingerprint density at radius 3 is 2.92 bits per heavy atom. The number of para-hydroxylation sites is 1. The lowest BCUT2D eigenvalue weighted by Gasteiger charge is -2.08. The number of hydrogen-bond acceptors (Lipinski definition) is 2. The number of rotatable bonds is 8. The third-order valence-electron chi connectivity index (χ3n) is 4.00. The van der Waals surface area contributed by atoms with Crippen molar-refractivity contribution in [1.29, 1.82) is 0 Å². The molecule has 5 heteroatoms. The van der Waals surface area contributed by atoms with Crippen molar-refractivity contribution in [2.75, 3.05) is 13.2 Å². The van der Waals surface area contributed by atoms with E-state index in [9.17, 15) is 4.79 Å². The quantitative estimate of drug-likeness (QED) is 0.590. The van der Waals surface area contributed by atoms with Crippen molar-refractivity contribution in [3.63, 3.8) is 0 Å². The van der Waals surface area contributed by atoms with Gasteiger partial charge in [-0.15, -0.1) is 0 Å². The first kappa shape index (κ1) is 17.4. The van der Waals surface area contributed by atoms with Crippen LogP contribution in [0.1, 0.15) is 18.4 Å². The molecule has 0 saturated carbocycles. The summed E-state index contributed by atoms with van der Waals surface area (Å²) in [6.07, 6.45) is 3.86. The van der Waals surface area contributed by atoms with Gasteiger partial charge < -0.3 is 15.0 Å². The Morgan fingerprint density at radius 2 is 2.04 bits per heavy atom. The van der Waals surface area contributed by atoms with Crippen LogP contribution < -0.4 is 10.1 Å². The Labute approximate surface area is 152 Å². The van der Waals surface area contributed by atoms with Gasteiger partial charge in [-0.3, -0.25) is 4.79 Å². The molecule has 0 bridgehead atoms. The summed E-state index contributed by atoms with van der Waals surface area (Å²) in [4.78, 5) is 15.1. The molecular weight excluding hydrogens is 336 g/mol. The molecule has 1 aromatic heterocycles. The van der Waals surface area contributed by atoms with Gasteiger partial charge in [0.2, 0.25) is 5.91 Å². The van der Waals surface area contributed by atoms with Crippen molar-refractivity contribution < 1.29 is 9.53 Å². The summed E-state index contributed by atoms with van der Waals surface area (Å²) in [6, 6.07) is 15.7. The van der Waals surface area contributed by atoms with Crippen molar-refractivity contribution in [2.45, 2.75) is 19.3 Å². The van der Waals surface area contributed by atoms with Crippen LogP contribution in [-0.2, 0) is 11.2 Å². The van der Waals surface area contributed by atoms with Gasteiger partial charge in [0.05, 0.1) is 11.6 Å². The summed E-state index contributed by atoms with van der Waals surface area (Å²) in [5, 5.41) is 4.74. The number of aromatic nitrogens is 1. The van der Waals surface area contributed by atoms with Crippen molar-refractivity contribution in [2.24, 2.45) is 0 Å². The van der Waals surface area contributed by atoms with Crippen molar-refractivity contribution in [3.8, 4) is 5.75 Å². The molecule has 3 rings (SSSR count). The summed E-state index contributed by atoms with van der Waals surface area (Å²) in [5.74, 6) is 0.704. The minimum Gasteiger partial charge on any atom is -0.492 e. The Morgan fingerprint density at radius 1 is 1.16 bits per heavy atom. The highest BCUT2D eigenvalue weighted by molar-refractivity contribution is 6.32. The largest absolute Gasteiger partial charge is 0.492 e. The summed E-state index contributed by atoms with van der Waals surface area (Å²) >= 11 is 6.02. The number of carbonyl (C=O) groups excluding carboxylic acids is 1. The second kappa shape index (κ2) is 8.58. The number of benzene rings is 2. The van der Waals surface area contributed by atoms with Crippen LogP contribution in [0.2, 0.25) is 5.02 Å². The van der Waals surface area contributed by atoms with Crippen LogP contribution in [0.15, 0.2) is 54.7 Å². The molecular formula is C20H21ClN2O2. The smallest absolute Gasteiger partial charge is 0.220 e. The minimum atomic E-state index is 0.0467. The maximum Gasteiger partial charge on any atom is 0.220 e. The average Bonchev–Trinajstić information content (AvgIpc) is 3.08. The SMILES string of the molecule is O=C(CCCOc1ccccc1Cl)NCCc1ccc2[nH]ccc2c1. The normalized spacial score (nSPS) is 10.8. The molecule has 1 amide bonds. The zero-order chi connectivity index (χ0) is 17.5. The van der Waals surface area contributed by atoms with E-state index < -0.39 is 0 Å². The molecule has 0 aliphatic heterocycles. The molecule has 1 heterocycles. The van der Waals surface area contributed by atoms with Crippen LogP contribution in [0.3, 0.4) is 0 Å². The molecule has 2 aromatic carbocycles. The predicted molar refractivity (Wildman–Crippen MR) is 101 cm³/mol. The third kappa shape index (κ3) is 5.00. The second-order valence-electron chi connectivity index (χ2n) is 5.88. The highest BCUT2D eigenvalue weighted by Crippen LogP contribution is 2.23. The summed E-state index contributed by atoms with van der Waals surface area (Å²) in [5.41, 5.74) is 2.35. The first-order valence-electron chi connectivity index (χ1n) is 8.42. The number of hydrogen-bond donors (Lipinski definition) is 2. The fourth-order valence-electron chi connectivity index (χ4n) is 2.67. The van der Waals surface area contributed by atoms with Gasteiger partial charge in [0.1, 0.15) is 5.75 Å². The van der Waals surface area contributed by atoms with Crippen molar-refractivity contribution >= 4 is 28.4 Å². The summed E-state index contributed by atoms with van der Waals surface area (Å²) in [7, 11) is 0. The summed E-state index contributed by atoms with van der Waals surface area (Å²) < 4.78 is 5.58. The summed E-state index contributed by atoms with van der Waals surface area (Å²) in [6.45, 7) is 1.11. The molecule has 0 spiro atoms. The second-order valence-corrected chi connectivity index (χ2v) is 6.29. The number of carbonyl (C=O) groups is 1. The predicted octanol–water partition coefficient (Wildman–Crippen LogP) is 4.34. The topological polar surface area (TPSA) is 54.1 Å². The molecule has 0 aliphatic carbocycles. The maximum atomic E-state index is 11.9. The van der Waals surface area contributed by atoms with E-state index in [1.807, 2.05) is 24.4 Å². The van der Waals surface area contributed by atoms with E-state index in [-0.39, 0.29) is 5.91 Å². The van der Waals surface area contributed by atoms with Gasteiger partial charge in [0.25, 0.3) is 0 Å². The Bertz CT molecular complexity index is 844. The van der Waals surface area contributed by atoms with Crippen molar-refractivity contribution in [1.82, 2.24) is 10.3 Å². The molecule has 0 unspecified atom stereocenters. The van der Waals surface area contributed by atoms with E-state index >= 15 is 0 Å². The van der Waals surface area contributed by atoms with Gasteiger partial charge in [-0.25, -0.2) is 0 Å². The number of nitrogens with one attached hydrogen (secondary N) is 2. The van der Waals surface area contributed by atoms with Crippen LogP contribution in [0, 0.1) is 0 Å². The van der Waals surface area contributed by atoms with Crippen LogP contribution in [-0.4, -0.2) is 24.0 Å². The Balaban J connectivity index is 1.33. The number of ether oxygens (including phenoxy) is 1. The Kier molecular flexibility index (Phi) is 5.96. The molecule has 0 fully saturated rings. The number of aromatic amines is 1. The first-order valence-corrected chi connectivity index (χ1v) is 8.80. The molecule has 0 radical (unpaired) electrons. The monoisotopic (exact) mass is 356 g/mol. The highest BCUT2D eigenvalue weighted by Gasteiger charge is 2.04. The lowest BCUT2D eigenvalue weighted by atomic mass is 10.1. The van der Waals surface area contributed by atoms with Gasteiger partial charge in [0, 0.05) is 24.7 Å². The lowest BCUT2D eigenvalue weighted by molar-refractivity contribution is -0.121. The first-order chi connectivity index (χ1) is 12.2. The van der Waals surface area contributed by atoms with E-state index in [4.69, 9.17) is 16.3 Å². The molecule has 0 saturated heterocycles. The molecule has 4 nitrogen and oxygen atoms in total. The molecule has 2 N–H and O–H groups in total. The van der Waals surface area contributed by atoms with E-state index in [0.29, 0.717) is 36.8 Å². The van der Waals surface area contributed by atoms with E-state index in [1.165, 1.54) is 10.9 Å². The molecule has 130 valence electrons. The van der Waals surface area contributed by atoms with E-state index in [0.717, 1.165) is 11.9 Å². The van der Waals surface area contributed by atoms with E-state index in [1.54, 1.807) is 6.07 Å². The van der Waals surface area contributed by atoms with Crippen LogP contribution in [0.4, 0.5) is 0 Å². The highest BCUT2D eigenvalue weighted by atomic mass is 35.5. The van der Waals surface area contributed by atoms with Crippen LogP contribution in [0.25, 0.3) is 10.9 Å². The van der Waals surface area contributed by atoms with Gasteiger partial charge in [-0.2, -0.15) is 0 Å². The molecule has 3 aromatic rings. The minimum absolute atomic E-state index is 0.0467. The molecule has 0 atom stereocenters. The lowest BCUT2D eigenvalue weighted by Crippen LogP contribution is -2.25. The number of fused-ring (bicyclic) bond motifs is 1. The zero-order valence-corrected chi connectivity index (χ0v) is 14.7. The zero-order valence-electron chi connectivity index (χ0n) is 13.9. The third-order valence-corrected chi connectivity index (χ3v) is 4.31. The fraction of sp³-hybridized carbons (Fsp3) is 0.250. The molecule has 25 heavy (non-hydrogen) atoms. The fourth-order valence-corrected chi connectivity index (χ4v) is 2.86. The van der Waals surface area contributed by atoms with E-state index in [2.05, 4.69) is 34.6 Å². The van der Waals surface area contributed by atoms with Crippen molar-refractivity contribution in [3.05, 3.63) is 65.3 Å². The number of halogens is 1. The van der Waals surface area contributed by atoms with Crippen LogP contribution in [0.5, 0.6) is 5.75 Å². The van der Waals surface area contributed by atoms with Crippen LogP contribution >= 0.6 is 11.6 Å².